The Morgan fingerprint density at radius 2 is 0.948 bits per heavy atom. The lowest BCUT2D eigenvalue weighted by atomic mass is 9.69. The minimum atomic E-state index is -0.559. The Morgan fingerprint density at radius 3 is 1.32 bits per heavy atom. The molecule has 2 aliphatic rings. The van der Waals surface area contributed by atoms with Crippen LogP contribution in [0.2, 0.25) is 0 Å². The average Bonchev–Trinajstić information content (AvgIpc) is 4.16. The van der Waals surface area contributed by atoms with Crippen molar-refractivity contribution in [3.63, 3.8) is 0 Å². The third kappa shape index (κ3) is 21.6. The molecule has 0 spiro atoms. The molecule has 2 heterocycles. The smallest absolute Gasteiger partial charge is 0.465 e. The SMILES string of the molecule is C=Cc1ccc(COC(=O)c2ccc(B3OCC(CC)O3)cc2)cc1.CCCCCCCCCCCCCCCCCCOC(=O)C(C)(CC)CC(C)(C)c1ccc(COC(=O)c2ccc(B3OCC(CC)O3)cc2)cc1. The lowest BCUT2D eigenvalue weighted by Crippen LogP contribution is -2.36. The minimum Gasteiger partial charge on any atom is -0.465 e. The van der Waals surface area contributed by atoms with Gasteiger partial charge in [0.15, 0.2) is 0 Å². The summed E-state index contributed by atoms with van der Waals surface area (Å²) < 4.78 is 39.8. The highest BCUT2D eigenvalue weighted by atomic mass is 16.6. The Kier molecular flexibility index (Phi) is 27.8. The van der Waals surface area contributed by atoms with Crippen molar-refractivity contribution in [3.05, 3.63) is 137 Å². The van der Waals surface area contributed by atoms with Gasteiger partial charge in [0.05, 0.1) is 48.6 Å². The second-order valence-corrected chi connectivity index (χ2v) is 22.1. The van der Waals surface area contributed by atoms with Crippen LogP contribution in [-0.4, -0.2) is 64.2 Å². The summed E-state index contributed by atoms with van der Waals surface area (Å²) in [5.74, 6) is -0.805. The summed E-state index contributed by atoms with van der Waals surface area (Å²) in [6.45, 7) is 20.8. The van der Waals surface area contributed by atoms with Crippen molar-refractivity contribution < 1.29 is 47.2 Å². The predicted molar refractivity (Wildman–Crippen MR) is 314 cm³/mol. The Hall–Kier alpha value is -5.00. The predicted octanol–water partition coefficient (Wildman–Crippen LogP) is 14.7. The number of rotatable bonds is 33. The molecule has 0 amide bonds. The first-order valence-corrected chi connectivity index (χ1v) is 29.4. The van der Waals surface area contributed by atoms with Crippen LogP contribution in [0.3, 0.4) is 0 Å². The van der Waals surface area contributed by atoms with Crippen molar-refractivity contribution in [2.75, 3.05) is 19.8 Å². The summed E-state index contributed by atoms with van der Waals surface area (Å²) in [5.41, 5.74) is 6.05. The van der Waals surface area contributed by atoms with Gasteiger partial charge in [-0.2, -0.15) is 0 Å². The third-order valence-corrected chi connectivity index (χ3v) is 15.3. The molecule has 6 rings (SSSR count). The second kappa shape index (κ2) is 34.1. The molecule has 2 fully saturated rings. The highest BCUT2D eigenvalue weighted by Crippen LogP contribution is 2.40. The minimum absolute atomic E-state index is 0.0888. The third-order valence-electron chi connectivity index (χ3n) is 15.3. The molecular formula is C65H92B2O10. The highest BCUT2D eigenvalue weighted by molar-refractivity contribution is 6.62. The molecule has 77 heavy (non-hydrogen) atoms. The fraction of sp³-hybridized carbons (Fsp3) is 0.554. The van der Waals surface area contributed by atoms with Crippen molar-refractivity contribution in [2.45, 2.75) is 208 Å². The fourth-order valence-electron chi connectivity index (χ4n) is 9.90. The summed E-state index contributed by atoms with van der Waals surface area (Å²) in [6, 6.07) is 30.3. The maximum atomic E-state index is 13.3. The summed E-state index contributed by atoms with van der Waals surface area (Å²) in [4.78, 5) is 38.2. The van der Waals surface area contributed by atoms with Crippen LogP contribution >= 0.6 is 0 Å². The first-order chi connectivity index (χ1) is 37.3. The van der Waals surface area contributed by atoms with E-state index in [0.717, 1.165) is 65.3 Å². The van der Waals surface area contributed by atoms with E-state index in [2.05, 4.69) is 60.3 Å². The van der Waals surface area contributed by atoms with E-state index in [1.807, 2.05) is 67.6 Å². The molecule has 0 bridgehead atoms. The van der Waals surface area contributed by atoms with Gasteiger partial charge in [-0.25, -0.2) is 9.59 Å². The van der Waals surface area contributed by atoms with E-state index in [-0.39, 0.29) is 63.0 Å². The van der Waals surface area contributed by atoms with Crippen LogP contribution < -0.4 is 10.9 Å². The zero-order valence-corrected chi connectivity index (χ0v) is 48.1. The van der Waals surface area contributed by atoms with Crippen molar-refractivity contribution >= 4 is 49.1 Å². The number of unbranched alkanes of at least 4 members (excludes halogenated alkanes) is 15. The van der Waals surface area contributed by atoms with E-state index in [0.29, 0.717) is 37.4 Å². The number of carbonyl (C=O) groups is 3. The van der Waals surface area contributed by atoms with Crippen LogP contribution in [0.4, 0.5) is 0 Å². The normalized spacial score (nSPS) is 16.1. The number of hydrogen-bond acceptors (Lipinski definition) is 10. The maximum Gasteiger partial charge on any atom is 0.494 e. The van der Waals surface area contributed by atoms with Gasteiger partial charge in [-0.05, 0) is 102 Å². The van der Waals surface area contributed by atoms with Crippen LogP contribution in [0, 0.1) is 5.41 Å². The summed E-state index contributed by atoms with van der Waals surface area (Å²) in [5, 5.41) is 0. The molecular weight excluding hydrogens is 962 g/mol. The second-order valence-electron chi connectivity index (χ2n) is 22.1. The molecule has 3 atom stereocenters. The van der Waals surface area contributed by atoms with E-state index < -0.39 is 5.41 Å². The summed E-state index contributed by atoms with van der Waals surface area (Å²) in [6.07, 6.45) is 26.5. The molecule has 0 saturated carbocycles. The highest BCUT2D eigenvalue weighted by Gasteiger charge is 2.39. The summed E-state index contributed by atoms with van der Waals surface area (Å²) in [7, 11) is -0.731. The van der Waals surface area contributed by atoms with Gasteiger partial charge >= 0.3 is 32.1 Å². The number of esters is 3. The lowest BCUT2D eigenvalue weighted by molar-refractivity contribution is -0.156. The van der Waals surface area contributed by atoms with Crippen molar-refractivity contribution in [2.24, 2.45) is 5.41 Å². The number of benzene rings is 4. The average molecular weight is 1060 g/mol. The van der Waals surface area contributed by atoms with Gasteiger partial charge in [0.2, 0.25) is 0 Å². The van der Waals surface area contributed by atoms with E-state index in [1.165, 1.54) is 89.9 Å². The molecule has 2 aliphatic heterocycles. The van der Waals surface area contributed by atoms with Crippen LogP contribution in [0.5, 0.6) is 0 Å². The van der Waals surface area contributed by atoms with Gasteiger partial charge in [-0.15, -0.1) is 0 Å². The number of hydrogen-bond donors (Lipinski definition) is 0. The Labute approximate surface area is 464 Å². The van der Waals surface area contributed by atoms with Crippen molar-refractivity contribution in [3.8, 4) is 0 Å². The Balaban J connectivity index is 0.000000362. The zero-order chi connectivity index (χ0) is 55.3. The monoisotopic (exact) mass is 1050 g/mol. The molecule has 10 nitrogen and oxygen atoms in total. The van der Waals surface area contributed by atoms with E-state index in [9.17, 15) is 14.4 Å². The Bertz CT molecular complexity index is 2320. The molecule has 3 unspecified atom stereocenters. The van der Waals surface area contributed by atoms with E-state index >= 15 is 0 Å². The molecule has 0 radical (unpaired) electrons. The molecule has 12 heteroatoms. The van der Waals surface area contributed by atoms with Gasteiger partial charge in [-0.1, -0.05) is 223 Å². The van der Waals surface area contributed by atoms with Gasteiger partial charge in [0, 0.05) is 0 Å². The fourth-order valence-corrected chi connectivity index (χ4v) is 9.90. The van der Waals surface area contributed by atoms with Gasteiger partial charge < -0.3 is 32.8 Å². The quantitative estimate of drug-likeness (QED) is 0.0198. The van der Waals surface area contributed by atoms with E-state index in [4.69, 9.17) is 32.8 Å². The first-order valence-electron chi connectivity index (χ1n) is 29.4. The van der Waals surface area contributed by atoms with Gasteiger partial charge in [0.25, 0.3) is 0 Å². The van der Waals surface area contributed by atoms with Crippen LogP contribution in [-0.2, 0) is 56.3 Å². The maximum absolute atomic E-state index is 13.3. The first kappa shape index (κ1) is 62.8. The van der Waals surface area contributed by atoms with Crippen LogP contribution in [0.25, 0.3) is 6.08 Å². The number of carbonyl (C=O) groups excluding carboxylic acids is 3. The van der Waals surface area contributed by atoms with Gasteiger partial charge in [0.1, 0.15) is 13.2 Å². The largest absolute Gasteiger partial charge is 0.494 e. The van der Waals surface area contributed by atoms with E-state index in [1.54, 1.807) is 30.3 Å². The molecule has 0 aromatic heterocycles. The molecule has 4 aromatic carbocycles. The molecule has 418 valence electrons. The number of ether oxygens (including phenoxy) is 3. The summed E-state index contributed by atoms with van der Waals surface area (Å²) >= 11 is 0. The van der Waals surface area contributed by atoms with Crippen LogP contribution in [0.1, 0.15) is 220 Å². The van der Waals surface area contributed by atoms with Gasteiger partial charge in [-0.3, -0.25) is 4.79 Å². The molecule has 2 saturated heterocycles. The molecule has 0 aliphatic carbocycles. The van der Waals surface area contributed by atoms with Crippen molar-refractivity contribution in [1.29, 1.82) is 0 Å². The standard InChI is InChI=1S/C45H71BO6.C20H21BO4/c1-7-10-11-12-13-14-15-16-17-18-19-20-21-22-23-24-33-49-43(48)45(6,9-3)36-44(4,5)39-29-25-37(26-30-39)34-50-42(47)38-27-31-40(32-28-38)46-51-35-41(8-2)52-46;1-3-15-5-7-16(8-6-15)13-23-20(22)17-9-11-18(12-10-17)21-24-14-19(4-2)25-21/h25-32,41H,7-24,33-36H2,1-6H3;3,5-12,19H,1,4,13-14H2,2H3. The zero-order valence-electron chi connectivity index (χ0n) is 48.1. The van der Waals surface area contributed by atoms with Crippen LogP contribution in [0.15, 0.2) is 104 Å². The lowest BCUT2D eigenvalue weighted by Gasteiger charge is -2.35. The van der Waals surface area contributed by atoms with Crippen molar-refractivity contribution in [1.82, 2.24) is 0 Å². The topological polar surface area (TPSA) is 116 Å². The molecule has 0 N–H and O–H groups in total. The molecule has 4 aromatic rings. The Morgan fingerprint density at radius 1 is 0.545 bits per heavy atom.